The molecule has 0 aliphatic carbocycles. The zero-order valence-electron chi connectivity index (χ0n) is 11.4. The summed E-state index contributed by atoms with van der Waals surface area (Å²) >= 11 is 0. The summed E-state index contributed by atoms with van der Waals surface area (Å²) in [5.74, 6) is 0. The average molecular weight is 291 g/mol. The van der Waals surface area contributed by atoms with Crippen LogP contribution in [0.3, 0.4) is 0 Å². The van der Waals surface area contributed by atoms with Gasteiger partial charge in [0.2, 0.25) is 0 Å². The molecule has 1 heterocycles. The summed E-state index contributed by atoms with van der Waals surface area (Å²) in [5, 5.41) is 8.63. The molecule has 0 aromatic rings. The largest absolute Gasteiger partial charge is 0.383 e. The molecule has 0 unspecified atom stereocenters. The Morgan fingerprint density at radius 3 is 2.84 bits per heavy atom. The van der Waals surface area contributed by atoms with Gasteiger partial charge in [-0.25, -0.2) is 0 Å². The molecule has 19 heavy (non-hydrogen) atoms. The summed E-state index contributed by atoms with van der Waals surface area (Å²) in [7, 11) is -2.04. The van der Waals surface area contributed by atoms with Crippen molar-refractivity contribution in [2.75, 3.05) is 46.6 Å². The fourth-order valence-corrected chi connectivity index (χ4v) is 3.66. The number of nitriles is 1. The highest BCUT2D eigenvalue weighted by Crippen LogP contribution is 2.16. The van der Waals surface area contributed by atoms with E-state index in [0.717, 1.165) is 0 Å². The Kier molecular flexibility index (Phi) is 6.68. The molecule has 1 atom stereocenters. The Balaban J connectivity index is 2.81. The summed E-state index contributed by atoms with van der Waals surface area (Å²) in [6.07, 6.45) is 0.168. The van der Waals surface area contributed by atoms with E-state index in [1.165, 1.54) is 15.7 Å². The van der Waals surface area contributed by atoms with Gasteiger partial charge in [0.25, 0.3) is 10.2 Å². The Labute approximate surface area is 114 Å². The van der Waals surface area contributed by atoms with E-state index < -0.39 is 10.2 Å². The van der Waals surface area contributed by atoms with Crippen molar-refractivity contribution >= 4 is 10.2 Å². The SMILES string of the molecule is COCCN(CCC#N)S(=O)(=O)N1CCOC[C@H]1C. The zero-order valence-corrected chi connectivity index (χ0v) is 12.2. The van der Waals surface area contributed by atoms with E-state index in [1.54, 1.807) is 0 Å². The van der Waals surface area contributed by atoms with Crippen LogP contribution >= 0.6 is 0 Å². The second kappa shape index (κ2) is 7.77. The van der Waals surface area contributed by atoms with Gasteiger partial charge in [-0.1, -0.05) is 0 Å². The van der Waals surface area contributed by atoms with Crippen LogP contribution in [0.2, 0.25) is 0 Å². The lowest BCUT2D eigenvalue weighted by molar-refractivity contribution is 0.0358. The summed E-state index contributed by atoms with van der Waals surface area (Å²) < 4.78 is 38.0. The third-order valence-electron chi connectivity index (χ3n) is 2.95. The van der Waals surface area contributed by atoms with Crippen molar-refractivity contribution in [3.8, 4) is 6.07 Å². The molecule has 110 valence electrons. The lowest BCUT2D eigenvalue weighted by atomic mass is 10.3. The first-order chi connectivity index (χ1) is 9.04. The van der Waals surface area contributed by atoms with Gasteiger partial charge in [-0.2, -0.15) is 22.3 Å². The molecule has 7 nitrogen and oxygen atoms in total. The molecule has 0 spiro atoms. The van der Waals surface area contributed by atoms with Gasteiger partial charge in [0, 0.05) is 39.2 Å². The Morgan fingerprint density at radius 1 is 1.53 bits per heavy atom. The summed E-state index contributed by atoms with van der Waals surface area (Å²) in [6.45, 7) is 3.71. The van der Waals surface area contributed by atoms with Gasteiger partial charge in [-0.3, -0.25) is 0 Å². The molecule has 0 aromatic heterocycles. The maximum Gasteiger partial charge on any atom is 0.282 e. The monoisotopic (exact) mass is 291 g/mol. The van der Waals surface area contributed by atoms with Crippen LogP contribution in [0.1, 0.15) is 13.3 Å². The molecule has 0 bridgehead atoms. The second-order valence-corrected chi connectivity index (χ2v) is 6.22. The van der Waals surface area contributed by atoms with Crippen molar-refractivity contribution in [3.05, 3.63) is 0 Å². The highest BCUT2D eigenvalue weighted by Gasteiger charge is 2.34. The number of nitrogens with zero attached hydrogens (tertiary/aromatic N) is 3. The molecule has 1 aliphatic rings. The van der Waals surface area contributed by atoms with Crippen molar-refractivity contribution < 1.29 is 17.9 Å². The van der Waals surface area contributed by atoms with E-state index in [0.29, 0.717) is 26.4 Å². The minimum absolute atomic E-state index is 0.168. The minimum atomic E-state index is -3.56. The molecule has 0 aromatic carbocycles. The summed E-state index contributed by atoms with van der Waals surface area (Å²) in [5.41, 5.74) is 0. The molecule has 0 saturated carbocycles. The van der Waals surface area contributed by atoms with Crippen LogP contribution in [0.5, 0.6) is 0 Å². The summed E-state index contributed by atoms with van der Waals surface area (Å²) in [6, 6.07) is 1.78. The van der Waals surface area contributed by atoms with Crippen molar-refractivity contribution in [2.24, 2.45) is 0 Å². The third kappa shape index (κ3) is 4.40. The van der Waals surface area contributed by atoms with Crippen LogP contribution in [0.4, 0.5) is 0 Å². The molecule has 0 N–H and O–H groups in total. The van der Waals surface area contributed by atoms with E-state index in [2.05, 4.69) is 0 Å². The van der Waals surface area contributed by atoms with Gasteiger partial charge < -0.3 is 9.47 Å². The quantitative estimate of drug-likeness (QED) is 0.649. The standard InChI is InChI=1S/C11H21N3O4S/c1-11-10-18-9-7-14(11)19(15,16)13(5-3-4-12)6-8-17-2/h11H,3,5-10H2,1-2H3/t11-/m1/s1. The van der Waals surface area contributed by atoms with Crippen LogP contribution < -0.4 is 0 Å². The zero-order chi connectivity index (χ0) is 14.3. The molecule has 1 saturated heterocycles. The maximum atomic E-state index is 12.5. The molecule has 0 amide bonds. The van der Waals surface area contributed by atoms with Crippen molar-refractivity contribution in [3.63, 3.8) is 0 Å². The van der Waals surface area contributed by atoms with E-state index in [9.17, 15) is 8.42 Å². The van der Waals surface area contributed by atoms with Gasteiger partial charge >= 0.3 is 0 Å². The smallest absolute Gasteiger partial charge is 0.282 e. The fraction of sp³-hybridized carbons (Fsp3) is 0.909. The van der Waals surface area contributed by atoms with Gasteiger partial charge in [0.1, 0.15) is 0 Å². The first-order valence-electron chi connectivity index (χ1n) is 6.24. The first kappa shape index (κ1) is 16.3. The fourth-order valence-electron chi connectivity index (χ4n) is 1.91. The van der Waals surface area contributed by atoms with Crippen molar-refractivity contribution in [2.45, 2.75) is 19.4 Å². The normalized spacial score (nSPS) is 21.5. The molecule has 1 fully saturated rings. The van der Waals surface area contributed by atoms with Gasteiger partial charge in [0.05, 0.1) is 25.9 Å². The number of hydrogen-bond donors (Lipinski definition) is 0. The van der Waals surface area contributed by atoms with Crippen LogP contribution in [0.15, 0.2) is 0 Å². The van der Waals surface area contributed by atoms with E-state index in [4.69, 9.17) is 14.7 Å². The molecule has 0 radical (unpaired) electrons. The second-order valence-electron chi connectivity index (χ2n) is 4.34. The number of hydrogen-bond acceptors (Lipinski definition) is 5. The van der Waals surface area contributed by atoms with Crippen molar-refractivity contribution in [1.82, 2.24) is 8.61 Å². The Morgan fingerprint density at radius 2 is 2.26 bits per heavy atom. The topological polar surface area (TPSA) is 82.9 Å². The van der Waals surface area contributed by atoms with Crippen LogP contribution in [0, 0.1) is 11.3 Å². The van der Waals surface area contributed by atoms with Crippen molar-refractivity contribution in [1.29, 1.82) is 5.26 Å². The third-order valence-corrected chi connectivity index (χ3v) is 5.10. The van der Waals surface area contributed by atoms with Crippen LogP contribution in [-0.2, 0) is 19.7 Å². The van der Waals surface area contributed by atoms with E-state index in [1.807, 2.05) is 13.0 Å². The summed E-state index contributed by atoms with van der Waals surface area (Å²) in [4.78, 5) is 0. The van der Waals surface area contributed by atoms with Crippen LogP contribution in [0.25, 0.3) is 0 Å². The predicted molar refractivity (Wildman–Crippen MR) is 69.6 cm³/mol. The highest BCUT2D eigenvalue weighted by atomic mass is 32.2. The number of morpholine rings is 1. The molecule has 1 aliphatic heterocycles. The van der Waals surface area contributed by atoms with Crippen LogP contribution in [-0.4, -0.2) is 69.6 Å². The molecular weight excluding hydrogens is 270 g/mol. The van der Waals surface area contributed by atoms with E-state index >= 15 is 0 Å². The Hall–Kier alpha value is -0.720. The highest BCUT2D eigenvalue weighted by molar-refractivity contribution is 7.86. The minimum Gasteiger partial charge on any atom is -0.383 e. The Bertz CT molecular complexity index is 407. The number of ether oxygens (including phenoxy) is 2. The van der Waals surface area contributed by atoms with Gasteiger partial charge in [0.15, 0.2) is 0 Å². The maximum absolute atomic E-state index is 12.5. The van der Waals surface area contributed by atoms with Gasteiger partial charge in [-0.15, -0.1) is 0 Å². The number of rotatable bonds is 7. The lowest BCUT2D eigenvalue weighted by Crippen LogP contribution is -2.53. The predicted octanol–water partition coefficient (Wildman–Crippen LogP) is -0.186. The molecule has 8 heteroatoms. The molecular formula is C11H21N3O4S. The lowest BCUT2D eigenvalue weighted by Gasteiger charge is -2.36. The van der Waals surface area contributed by atoms with E-state index in [-0.39, 0.29) is 25.6 Å². The number of methoxy groups -OCH3 is 1. The van der Waals surface area contributed by atoms with Gasteiger partial charge in [-0.05, 0) is 6.92 Å². The average Bonchev–Trinajstić information content (AvgIpc) is 2.39. The molecule has 1 rings (SSSR count). The first-order valence-corrected chi connectivity index (χ1v) is 7.64.